The number of fused-ring (bicyclic) bond motifs is 1. The van der Waals surface area contributed by atoms with Crippen LogP contribution in [-0.2, 0) is 23.0 Å². The van der Waals surface area contributed by atoms with Crippen LogP contribution < -0.4 is 5.32 Å². The van der Waals surface area contributed by atoms with Crippen molar-refractivity contribution in [1.29, 1.82) is 0 Å². The fourth-order valence-corrected chi connectivity index (χ4v) is 5.62. The molecule has 1 amide bonds. The van der Waals surface area contributed by atoms with Gasteiger partial charge in [0.2, 0.25) is 5.89 Å². The number of aromatic nitrogens is 1. The van der Waals surface area contributed by atoms with Crippen molar-refractivity contribution in [3.05, 3.63) is 107 Å². The normalized spacial score (nSPS) is 15.9. The van der Waals surface area contributed by atoms with Crippen molar-refractivity contribution in [3.8, 4) is 11.5 Å². The summed E-state index contributed by atoms with van der Waals surface area (Å²) in [7, 11) is -1.20. The van der Waals surface area contributed by atoms with Crippen LogP contribution in [0.2, 0.25) is 0 Å². The molecule has 1 heterocycles. The highest BCUT2D eigenvalue weighted by Crippen LogP contribution is 2.30. The molecule has 0 spiro atoms. The van der Waals surface area contributed by atoms with Crippen LogP contribution in [0.1, 0.15) is 57.4 Å². The van der Waals surface area contributed by atoms with Gasteiger partial charge in [-0.3, -0.25) is 9.00 Å². The van der Waals surface area contributed by atoms with Crippen molar-refractivity contribution in [1.82, 2.24) is 10.3 Å². The predicted molar refractivity (Wildman–Crippen MR) is 138 cm³/mol. The quantitative estimate of drug-likeness (QED) is 0.360. The zero-order valence-corrected chi connectivity index (χ0v) is 20.7. The standard InChI is InChI=1S/C29H28N2O3S/c1-19-10-16-24(17-11-19)35(33)18-27-20(2)34-29(31-27)23-14-12-22(13-15-23)28(32)30-26-9-5-7-21-6-3-4-8-25(21)26/h3-4,6,8,10-17,26H,5,7,9,18H2,1-2H3,(H,30,32)/t26-,35+/m0/s1. The Balaban J connectivity index is 1.27. The summed E-state index contributed by atoms with van der Waals surface area (Å²) in [4.78, 5) is 18.3. The van der Waals surface area contributed by atoms with Crippen LogP contribution in [0.4, 0.5) is 0 Å². The van der Waals surface area contributed by atoms with Crippen molar-refractivity contribution < 1.29 is 13.4 Å². The molecule has 0 aliphatic heterocycles. The summed E-state index contributed by atoms with van der Waals surface area (Å²) in [6, 6.07) is 23.3. The maximum Gasteiger partial charge on any atom is 0.251 e. The van der Waals surface area contributed by atoms with E-state index in [-0.39, 0.29) is 11.9 Å². The van der Waals surface area contributed by atoms with Crippen LogP contribution in [0.15, 0.2) is 82.1 Å². The number of nitrogens with zero attached hydrogens (tertiary/aromatic N) is 1. The topological polar surface area (TPSA) is 72.2 Å². The van der Waals surface area contributed by atoms with Crippen molar-refractivity contribution in [2.75, 3.05) is 0 Å². The van der Waals surface area contributed by atoms with Gasteiger partial charge in [-0.2, -0.15) is 0 Å². The van der Waals surface area contributed by atoms with Crippen LogP contribution >= 0.6 is 0 Å². The lowest BCUT2D eigenvalue weighted by atomic mass is 9.87. The third-order valence-electron chi connectivity index (χ3n) is 6.51. The maximum atomic E-state index is 12.9. The molecule has 2 atom stereocenters. The first-order valence-corrected chi connectivity index (χ1v) is 13.2. The van der Waals surface area contributed by atoms with Crippen LogP contribution in [0.5, 0.6) is 0 Å². The van der Waals surface area contributed by atoms with Gasteiger partial charge < -0.3 is 9.73 Å². The third-order valence-corrected chi connectivity index (χ3v) is 7.85. The van der Waals surface area contributed by atoms with E-state index in [1.165, 1.54) is 11.1 Å². The van der Waals surface area contributed by atoms with E-state index in [9.17, 15) is 9.00 Å². The summed E-state index contributed by atoms with van der Waals surface area (Å²) >= 11 is 0. The molecular weight excluding hydrogens is 456 g/mol. The lowest BCUT2D eigenvalue weighted by Gasteiger charge is -2.26. The highest BCUT2D eigenvalue weighted by molar-refractivity contribution is 7.84. The molecular formula is C29H28N2O3S. The average Bonchev–Trinajstić information content (AvgIpc) is 3.24. The number of aryl methyl sites for hydroxylation is 3. The van der Waals surface area contributed by atoms with Gasteiger partial charge in [0.1, 0.15) is 5.76 Å². The van der Waals surface area contributed by atoms with E-state index in [0.29, 0.717) is 28.7 Å². The zero-order valence-electron chi connectivity index (χ0n) is 19.9. The fourth-order valence-electron chi connectivity index (χ4n) is 4.49. The minimum atomic E-state index is -1.20. The van der Waals surface area contributed by atoms with Gasteiger partial charge in [-0.1, -0.05) is 42.0 Å². The predicted octanol–water partition coefficient (Wildman–Crippen LogP) is 6.07. The first-order valence-electron chi connectivity index (χ1n) is 11.9. The van der Waals surface area contributed by atoms with E-state index in [1.54, 1.807) is 12.1 Å². The number of carbonyl (C=O) groups is 1. The summed E-state index contributed by atoms with van der Waals surface area (Å²) in [6.45, 7) is 3.84. The SMILES string of the molecule is Cc1ccc([S@](=O)Cc2nc(-c3ccc(C(=O)N[C@H]4CCCc5ccccc54)cc3)oc2C)cc1. The number of nitrogens with one attached hydrogen (secondary N) is 1. The lowest BCUT2D eigenvalue weighted by Crippen LogP contribution is -2.30. The van der Waals surface area contributed by atoms with Crippen molar-refractivity contribution in [2.45, 2.75) is 49.8 Å². The van der Waals surface area contributed by atoms with Gasteiger partial charge >= 0.3 is 0 Å². The van der Waals surface area contributed by atoms with E-state index in [2.05, 4.69) is 28.5 Å². The Morgan fingerprint density at radius 2 is 1.77 bits per heavy atom. The summed E-state index contributed by atoms with van der Waals surface area (Å²) in [5.41, 5.74) is 5.72. The molecule has 0 radical (unpaired) electrons. The van der Waals surface area contributed by atoms with Gasteiger partial charge in [0, 0.05) is 16.0 Å². The number of hydrogen-bond donors (Lipinski definition) is 1. The van der Waals surface area contributed by atoms with Crippen LogP contribution in [0, 0.1) is 13.8 Å². The number of hydrogen-bond acceptors (Lipinski definition) is 4. The van der Waals surface area contributed by atoms with Gasteiger partial charge in [0.15, 0.2) is 0 Å². The van der Waals surface area contributed by atoms with Crippen LogP contribution in [0.25, 0.3) is 11.5 Å². The van der Waals surface area contributed by atoms with Crippen molar-refractivity contribution in [2.24, 2.45) is 0 Å². The average molecular weight is 485 g/mol. The first-order chi connectivity index (χ1) is 17.0. The highest BCUT2D eigenvalue weighted by atomic mass is 32.2. The zero-order chi connectivity index (χ0) is 24.4. The second-order valence-electron chi connectivity index (χ2n) is 9.02. The van der Waals surface area contributed by atoms with E-state index in [4.69, 9.17) is 4.42 Å². The van der Waals surface area contributed by atoms with Gasteiger partial charge in [0.25, 0.3) is 5.91 Å². The van der Waals surface area contributed by atoms with E-state index in [1.807, 2.05) is 56.3 Å². The maximum absolute atomic E-state index is 12.9. The molecule has 5 rings (SSSR count). The number of benzene rings is 3. The largest absolute Gasteiger partial charge is 0.441 e. The molecule has 1 aliphatic rings. The molecule has 5 nitrogen and oxygen atoms in total. The molecule has 178 valence electrons. The molecule has 0 saturated heterocycles. The number of carbonyl (C=O) groups excluding carboxylic acids is 1. The summed E-state index contributed by atoms with van der Waals surface area (Å²) in [5, 5.41) is 3.19. The molecule has 1 aliphatic carbocycles. The Morgan fingerprint density at radius 1 is 1.03 bits per heavy atom. The molecule has 35 heavy (non-hydrogen) atoms. The minimum Gasteiger partial charge on any atom is -0.441 e. The van der Waals surface area contributed by atoms with Crippen LogP contribution in [0.3, 0.4) is 0 Å². The van der Waals surface area contributed by atoms with Crippen LogP contribution in [-0.4, -0.2) is 15.1 Å². The lowest BCUT2D eigenvalue weighted by molar-refractivity contribution is 0.0932. The Labute approximate surface area is 208 Å². The van der Waals surface area contributed by atoms with Gasteiger partial charge in [-0.25, -0.2) is 4.98 Å². The molecule has 1 aromatic heterocycles. The first kappa shape index (κ1) is 23.2. The summed E-state index contributed by atoms with van der Waals surface area (Å²) in [6.07, 6.45) is 3.08. The second-order valence-corrected chi connectivity index (χ2v) is 10.5. The monoisotopic (exact) mass is 484 g/mol. The molecule has 6 heteroatoms. The summed E-state index contributed by atoms with van der Waals surface area (Å²) in [5.74, 6) is 1.32. The number of amides is 1. The van der Waals surface area contributed by atoms with Crippen molar-refractivity contribution in [3.63, 3.8) is 0 Å². The summed E-state index contributed by atoms with van der Waals surface area (Å²) < 4.78 is 18.6. The number of oxazole rings is 1. The molecule has 0 saturated carbocycles. The number of rotatable bonds is 6. The molecule has 3 aromatic carbocycles. The highest BCUT2D eigenvalue weighted by Gasteiger charge is 2.22. The van der Waals surface area contributed by atoms with Gasteiger partial charge in [-0.05, 0) is 80.6 Å². The molecule has 0 fully saturated rings. The van der Waals surface area contributed by atoms with Gasteiger partial charge in [0.05, 0.1) is 28.3 Å². The van der Waals surface area contributed by atoms with Crippen molar-refractivity contribution >= 4 is 16.7 Å². The van der Waals surface area contributed by atoms with E-state index >= 15 is 0 Å². The third kappa shape index (κ3) is 5.13. The minimum absolute atomic E-state index is 0.0403. The Bertz CT molecular complexity index is 1370. The van der Waals surface area contributed by atoms with E-state index in [0.717, 1.165) is 35.3 Å². The molecule has 1 N–H and O–H groups in total. The Hall–Kier alpha value is -3.51. The Morgan fingerprint density at radius 3 is 2.54 bits per heavy atom. The molecule has 0 bridgehead atoms. The fraction of sp³-hybridized carbons (Fsp3) is 0.241. The second kappa shape index (κ2) is 10.0. The van der Waals surface area contributed by atoms with Gasteiger partial charge in [-0.15, -0.1) is 0 Å². The Kier molecular flexibility index (Phi) is 6.64. The molecule has 4 aromatic rings. The van der Waals surface area contributed by atoms with E-state index < -0.39 is 10.8 Å². The smallest absolute Gasteiger partial charge is 0.251 e. The molecule has 0 unspecified atom stereocenters.